The summed E-state index contributed by atoms with van der Waals surface area (Å²) in [4.78, 5) is 0. The van der Waals surface area contributed by atoms with Crippen LogP contribution in [0.5, 0.6) is 0 Å². The van der Waals surface area contributed by atoms with E-state index in [-0.39, 0.29) is 6.61 Å². The maximum absolute atomic E-state index is 8.95. The number of nitrogens with zero attached hydrogens (tertiary/aromatic N) is 3. The summed E-state index contributed by atoms with van der Waals surface area (Å²) in [5, 5.41) is 16.8. The number of aliphatic hydroxyl groups is 1. The summed E-state index contributed by atoms with van der Waals surface area (Å²) >= 11 is 0. The molecule has 0 aromatic carbocycles. The molecular formula is C18H29N3O. The lowest BCUT2D eigenvalue weighted by Gasteiger charge is -2.02. The molecule has 0 bridgehead atoms. The Morgan fingerprint density at radius 2 is 1.68 bits per heavy atom. The molecule has 0 atom stereocenters. The van der Waals surface area contributed by atoms with E-state index in [9.17, 15) is 0 Å². The maximum atomic E-state index is 8.95. The number of allylic oxidation sites excluding steroid dienone is 6. The van der Waals surface area contributed by atoms with Gasteiger partial charge in [-0.15, -0.1) is 5.10 Å². The average Bonchev–Trinajstić information content (AvgIpc) is 2.92. The largest absolute Gasteiger partial charge is 0.390 e. The van der Waals surface area contributed by atoms with Gasteiger partial charge in [-0.3, -0.25) is 0 Å². The van der Waals surface area contributed by atoms with Crippen LogP contribution in [0, 0.1) is 0 Å². The molecule has 1 rings (SSSR count). The third kappa shape index (κ3) is 7.93. The van der Waals surface area contributed by atoms with Crippen molar-refractivity contribution in [2.45, 2.75) is 66.5 Å². The fraction of sp³-hybridized carbons (Fsp3) is 0.556. The Labute approximate surface area is 134 Å². The minimum atomic E-state index is -0.0560. The molecular weight excluding hydrogens is 274 g/mol. The predicted octanol–water partition coefficient (Wildman–Crippen LogP) is 4.19. The van der Waals surface area contributed by atoms with Gasteiger partial charge < -0.3 is 5.11 Å². The van der Waals surface area contributed by atoms with Gasteiger partial charge in [-0.1, -0.05) is 40.2 Å². The van der Waals surface area contributed by atoms with Gasteiger partial charge in [-0.25, -0.2) is 4.68 Å². The smallest absolute Gasteiger partial charge is 0.108 e. The second kappa shape index (κ2) is 10.1. The zero-order chi connectivity index (χ0) is 16.4. The molecule has 0 amide bonds. The molecule has 0 saturated heterocycles. The van der Waals surface area contributed by atoms with Crippen molar-refractivity contribution < 1.29 is 5.11 Å². The number of hydrogen-bond donors (Lipinski definition) is 1. The van der Waals surface area contributed by atoms with E-state index >= 15 is 0 Å². The molecule has 1 N–H and O–H groups in total. The predicted molar refractivity (Wildman–Crippen MR) is 91.4 cm³/mol. The molecule has 1 aromatic heterocycles. The van der Waals surface area contributed by atoms with Crippen LogP contribution in [0.15, 0.2) is 41.1 Å². The van der Waals surface area contributed by atoms with E-state index in [0.717, 1.165) is 25.7 Å². The van der Waals surface area contributed by atoms with Gasteiger partial charge in [0.2, 0.25) is 0 Å². The Morgan fingerprint density at radius 1 is 1.05 bits per heavy atom. The van der Waals surface area contributed by atoms with Crippen molar-refractivity contribution in [2.24, 2.45) is 0 Å². The summed E-state index contributed by atoms with van der Waals surface area (Å²) in [6.07, 6.45) is 13.0. The number of aromatic nitrogens is 3. The monoisotopic (exact) mass is 303 g/mol. The van der Waals surface area contributed by atoms with Crippen molar-refractivity contribution >= 4 is 0 Å². The Kier molecular flexibility index (Phi) is 8.44. The van der Waals surface area contributed by atoms with Gasteiger partial charge in [0.15, 0.2) is 0 Å². The summed E-state index contributed by atoms with van der Waals surface area (Å²) < 4.78 is 1.75. The Balaban J connectivity index is 2.30. The first kappa shape index (κ1) is 18.4. The normalized spacial score (nSPS) is 12.6. The van der Waals surface area contributed by atoms with Gasteiger partial charge >= 0.3 is 0 Å². The molecule has 0 saturated carbocycles. The number of hydrogen-bond acceptors (Lipinski definition) is 3. The van der Waals surface area contributed by atoms with E-state index in [4.69, 9.17) is 5.11 Å². The third-order valence-electron chi connectivity index (χ3n) is 3.50. The lowest BCUT2D eigenvalue weighted by atomic mass is 10.1. The standard InChI is InChI=1S/C18H29N3O/c1-15(2)7-5-8-16(3)9-6-10-17(4)11-12-21-13-18(14-22)19-20-21/h7,9,11,13,22H,5-6,8,10,12,14H2,1-4H3/b16-9+,17-11+. The maximum Gasteiger partial charge on any atom is 0.108 e. The van der Waals surface area contributed by atoms with E-state index in [0.29, 0.717) is 12.2 Å². The molecule has 0 fully saturated rings. The summed E-state index contributed by atoms with van der Waals surface area (Å²) in [6.45, 7) is 9.30. The van der Waals surface area contributed by atoms with Crippen LogP contribution in [0.1, 0.15) is 59.1 Å². The van der Waals surface area contributed by atoms with Crippen molar-refractivity contribution in [1.29, 1.82) is 0 Å². The molecule has 0 aliphatic heterocycles. The van der Waals surface area contributed by atoms with Crippen LogP contribution in [-0.4, -0.2) is 20.1 Å². The molecule has 22 heavy (non-hydrogen) atoms. The fourth-order valence-electron chi connectivity index (χ4n) is 2.09. The molecule has 122 valence electrons. The van der Waals surface area contributed by atoms with E-state index in [1.165, 1.54) is 16.7 Å². The fourth-order valence-corrected chi connectivity index (χ4v) is 2.09. The lowest BCUT2D eigenvalue weighted by molar-refractivity contribution is 0.276. The number of aliphatic hydroxyl groups excluding tert-OH is 1. The number of rotatable bonds is 9. The van der Waals surface area contributed by atoms with Gasteiger partial charge in [-0.2, -0.15) is 0 Å². The zero-order valence-corrected chi connectivity index (χ0v) is 14.3. The molecule has 0 aliphatic carbocycles. The first-order valence-electron chi connectivity index (χ1n) is 7.95. The zero-order valence-electron chi connectivity index (χ0n) is 14.3. The molecule has 1 aromatic rings. The molecule has 0 radical (unpaired) electrons. The SMILES string of the molecule is CC(C)=CCC/C(C)=C/CC/C(C)=C/Cn1cc(CO)nn1. The highest BCUT2D eigenvalue weighted by Crippen LogP contribution is 2.11. The van der Waals surface area contributed by atoms with Crippen LogP contribution >= 0.6 is 0 Å². The molecule has 1 heterocycles. The van der Waals surface area contributed by atoms with E-state index < -0.39 is 0 Å². The van der Waals surface area contributed by atoms with Crippen molar-refractivity contribution in [2.75, 3.05) is 0 Å². The second-order valence-electron chi connectivity index (χ2n) is 6.05. The van der Waals surface area contributed by atoms with Crippen LogP contribution in [0.2, 0.25) is 0 Å². The van der Waals surface area contributed by atoms with Gasteiger partial charge in [0.25, 0.3) is 0 Å². The Bertz CT molecular complexity index is 534. The molecule has 0 aliphatic rings. The van der Waals surface area contributed by atoms with Crippen molar-refractivity contribution in [3.8, 4) is 0 Å². The third-order valence-corrected chi connectivity index (χ3v) is 3.50. The Hall–Kier alpha value is -1.68. The molecule has 4 nitrogen and oxygen atoms in total. The first-order valence-corrected chi connectivity index (χ1v) is 7.95. The second-order valence-corrected chi connectivity index (χ2v) is 6.05. The van der Waals surface area contributed by atoms with Crippen molar-refractivity contribution in [1.82, 2.24) is 15.0 Å². The molecule has 4 heteroatoms. The van der Waals surface area contributed by atoms with E-state index in [1.54, 1.807) is 10.9 Å². The van der Waals surface area contributed by atoms with Crippen LogP contribution in [0.4, 0.5) is 0 Å². The minimum absolute atomic E-state index is 0.0560. The minimum Gasteiger partial charge on any atom is -0.390 e. The van der Waals surface area contributed by atoms with Crippen LogP contribution in [-0.2, 0) is 13.2 Å². The highest BCUT2D eigenvalue weighted by atomic mass is 16.3. The summed E-state index contributed by atoms with van der Waals surface area (Å²) in [5.74, 6) is 0. The molecule has 0 unspecified atom stereocenters. The quantitative estimate of drug-likeness (QED) is 0.696. The van der Waals surface area contributed by atoms with Gasteiger partial charge in [0.05, 0.1) is 19.3 Å². The highest BCUT2D eigenvalue weighted by Gasteiger charge is 1.97. The summed E-state index contributed by atoms with van der Waals surface area (Å²) in [6, 6.07) is 0. The van der Waals surface area contributed by atoms with Crippen LogP contribution < -0.4 is 0 Å². The molecule has 0 spiro atoms. The van der Waals surface area contributed by atoms with Gasteiger partial charge in [-0.05, 0) is 53.4 Å². The van der Waals surface area contributed by atoms with Gasteiger partial charge in [0.1, 0.15) is 5.69 Å². The van der Waals surface area contributed by atoms with Gasteiger partial charge in [0, 0.05) is 0 Å². The topological polar surface area (TPSA) is 50.9 Å². The first-order chi connectivity index (χ1) is 10.5. The van der Waals surface area contributed by atoms with E-state index in [2.05, 4.69) is 56.2 Å². The van der Waals surface area contributed by atoms with Crippen molar-refractivity contribution in [3.05, 3.63) is 46.8 Å². The summed E-state index contributed by atoms with van der Waals surface area (Å²) in [5.41, 5.74) is 4.83. The average molecular weight is 303 g/mol. The van der Waals surface area contributed by atoms with Crippen molar-refractivity contribution in [3.63, 3.8) is 0 Å². The van der Waals surface area contributed by atoms with Crippen LogP contribution in [0.25, 0.3) is 0 Å². The summed E-state index contributed by atoms with van der Waals surface area (Å²) in [7, 11) is 0. The van der Waals surface area contributed by atoms with E-state index in [1.807, 2.05) is 0 Å². The Morgan fingerprint density at radius 3 is 2.27 bits per heavy atom. The lowest BCUT2D eigenvalue weighted by Crippen LogP contribution is -1.96. The van der Waals surface area contributed by atoms with Crippen LogP contribution in [0.3, 0.4) is 0 Å². The highest BCUT2D eigenvalue weighted by molar-refractivity contribution is 5.05.